The molecule has 0 fully saturated rings. The molecule has 1 unspecified atom stereocenters. The molecule has 6 rings (SSSR count). The standard InChI is InChI=1S/C26H18ClN5O3/c1-32-11-10-28-24(32)14-2-6-17(7-3-14)29-23(15-4-9-19-21(12-15)35-26(34)31-19)22-18-8-5-16(27)13-20(18)30-25(22)33/h2-13,22H,1H3,(H,30,33)(H,31,34). The van der Waals surface area contributed by atoms with Crippen LogP contribution in [0.1, 0.15) is 17.0 Å². The maximum Gasteiger partial charge on any atom is 0.417 e. The summed E-state index contributed by atoms with van der Waals surface area (Å²) >= 11 is 6.15. The van der Waals surface area contributed by atoms with Gasteiger partial charge in [0, 0.05) is 41.3 Å². The molecule has 0 radical (unpaired) electrons. The number of nitrogens with one attached hydrogen (secondary N) is 2. The summed E-state index contributed by atoms with van der Waals surface area (Å²) in [5.74, 6) is -0.574. The van der Waals surface area contributed by atoms with Gasteiger partial charge in [0.05, 0.1) is 16.9 Å². The van der Waals surface area contributed by atoms with Crippen LogP contribution in [0.15, 0.2) is 87.3 Å². The molecule has 0 spiro atoms. The number of aliphatic imine (C=N–C) groups is 1. The number of aromatic amines is 1. The number of halogens is 1. The van der Waals surface area contributed by atoms with Crippen molar-refractivity contribution >= 4 is 45.7 Å². The normalized spacial score (nSPS) is 15.4. The van der Waals surface area contributed by atoms with E-state index in [4.69, 9.17) is 21.0 Å². The molecule has 0 bridgehead atoms. The minimum atomic E-state index is -0.667. The van der Waals surface area contributed by atoms with E-state index < -0.39 is 11.7 Å². The van der Waals surface area contributed by atoms with Gasteiger partial charge in [-0.25, -0.2) is 9.78 Å². The van der Waals surface area contributed by atoms with Gasteiger partial charge in [0.1, 0.15) is 11.7 Å². The summed E-state index contributed by atoms with van der Waals surface area (Å²) in [7, 11) is 1.93. The Bertz CT molecular complexity index is 1690. The van der Waals surface area contributed by atoms with Crippen LogP contribution in [0.4, 0.5) is 11.4 Å². The van der Waals surface area contributed by atoms with Gasteiger partial charge >= 0.3 is 5.76 Å². The molecule has 5 aromatic rings. The molecule has 1 aliphatic rings. The number of rotatable bonds is 4. The number of aromatic nitrogens is 3. The third-order valence-corrected chi connectivity index (χ3v) is 6.27. The molecular formula is C26H18ClN5O3. The Morgan fingerprint density at radius 1 is 1.09 bits per heavy atom. The summed E-state index contributed by atoms with van der Waals surface area (Å²) in [6.45, 7) is 0. The van der Waals surface area contributed by atoms with E-state index in [2.05, 4.69) is 15.3 Å². The average Bonchev–Trinajstić information content (AvgIpc) is 3.52. The highest BCUT2D eigenvalue weighted by Crippen LogP contribution is 2.38. The fourth-order valence-corrected chi connectivity index (χ4v) is 4.55. The van der Waals surface area contributed by atoms with E-state index in [1.165, 1.54) is 0 Å². The topological polar surface area (TPSA) is 105 Å². The maximum absolute atomic E-state index is 13.1. The highest BCUT2D eigenvalue weighted by atomic mass is 35.5. The SMILES string of the molecule is Cn1ccnc1-c1ccc(N=C(c2ccc3[nH]c(=O)oc3c2)C2C(=O)Nc3cc(Cl)ccc32)cc1. The van der Waals surface area contributed by atoms with Crippen molar-refractivity contribution in [1.82, 2.24) is 14.5 Å². The van der Waals surface area contributed by atoms with Gasteiger partial charge in [0.25, 0.3) is 0 Å². The lowest BCUT2D eigenvalue weighted by Gasteiger charge is -2.14. The number of carbonyl (C=O) groups excluding carboxylic acids is 1. The minimum Gasteiger partial charge on any atom is -0.408 e. The Balaban J connectivity index is 1.49. The van der Waals surface area contributed by atoms with E-state index in [0.717, 1.165) is 17.0 Å². The van der Waals surface area contributed by atoms with Gasteiger partial charge in [-0.1, -0.05) is 23.7 Å². The number of fused-ring (bicyclic) bond motifs is 2. The third kappa shape index (κ3) is 3.74. The van der Waals surface area contributed by atoms with E-state index in [1.807, 2.05) is 54.2 Å². The van der Waals surface area contributed by atoms with Crippen LogP contribution in [0, 0.1) is 0 Å². The highest BCUT2D eigenvalue weighted by molar-refractivity contribution is 6.31. The number of anilines is 1. The quantitative estimate of drug-likeness (QED) is 0.349. The molecular weight excluding hydrogens is 466 g/mol. The first-order valence-electron chi connectivity index (χ1n) is 10.9. The lowest BCUT2D eigenvalue weighted by Crippen LogP contribution is -2.22. The molecule has 2 aromatic heterocycles. The zero-order valence-electron chi connectivity index (χ0n) is 18.4. The third-order valence-electron chi connectivity index (χ3n) is 6.03. The van der Waals surface area contributed by atoms with E-state index >= 15 is 0 Å². The fraction of sp³-hybridized carbons (Fsp3) is 0.0769. The van der Waals surface area contributed by atoms with Crippen molar-refractivity contribution in [1.29, 1.82) is 0 Å². The number of carbonyl (C=O) groups is 1. The number of oxazole rings is 1. The molecule has 1 atom stereocenters. The second-order valence-corrected chi connectivity index (χ2v) is 8.72. The summed E-state index contributed by atoms with van der Waals surface area (Å²) in [5, 5.41) is 3.44. The second-order valence-electron chi connectivity index (χ2n) is 8.28. The highest BCUT2D eigenvalue weighted by Gasteiger charge is 2.35. The van der Waals surface area contributed by atoms with Crippen molar-refractivity contribution in [2.75, 3.05) is 5.32 Å². The molecule has 3 aromatic carbocycles. The molecule has 0 aliphatic carbocycles. The Morgan fingerprint density at radius 3 is 2.69 bits per heavy atom. The second kappa shape index (κ2) is 8.11. The van der Waals surface area contributed by atoms with Gasteiger partial charge < -0.3 is 14.3 Å². The molecule has 2 N–H and O–H groups in total. The van der Waals surface area contributed by atoms with Gasteiger partial charge in [0.15, 0.2) is 5.58 Å². The first kappa shape index (κ1) is 21.1. The van der Waals surface area contributed by atoms with Crippen LogP contribution in [0.5, 0.6) is 0 Å². The van der Waals surface area contributed by atoms with Crippen molar-refractivity contribution < 1.29 is 9.21 Å². The Labute approximate surface area is 203 Å². The van der Waals surface area contributed by atoms with Crippen molar-refractivity contribution in [3.05, 3.63) is 99.8 Å². The number of hydrogen-bond donors (Lipinski definition) is 2. The monoisotopic (exact) mass is 483 g/mol. The number of nitrogens with zero attached hydrogens (tertiary/aromatic N) is 3. The van der Waals surface area contributed by atoms with Crippen LogP contribution in [0.25, 0.3) is 22.5 Å². The van der Waals surface area contributed by atoms with Gasteiger partial charge in [-0.05, 0) is 54.1 Å². The van der Waals surface area contributed by atoms with Gasteiger partial charge in [-0.2, -0.15) is 0 Å². The summed E-state index contributed by atoms with van der Waals surface area (Å²) in [5.41, 5.74) is 5.20. The molecule has 1 amide bonds. The smallest absolute Gasteiger partial charge is 0.408 e. The predicted octanol–water partition coefficient (Wildman–Crippen LogP) is 5.03. The number of amides is 1. The van der Waals surface area contributed by atoms with Crippen LogP contribution in [-0.4, -0.2) is 26.2 Å². The van der Waals surface area contributed by atoms with Crippen molar-refractivity contribution in [2.24, 2.45) is 12.0 Å². The zero-order valence-corrected chi connectivity index (χ0v) is 19.2. The van der Waals surface area contributed by atoms with Crippen LogP contribution in [-0.2, 0) is 11.8 Å². The zero-order chi connectivity index (χ0) is 24.1. The van der Waals surface area contributed by atoms with E-state index in [0.29, 0.717) is 38.8 Å². The van der Waals surface area contributed by atoms with Crippen LogP contribution >= 0.6 is 11.6 Å². The average molecular weight is 484 g/mol. The predicted molar refractivity (Wildman–Crippen MR) is 134 cm³/mol. The molecule has 8 nitrogen and oxygen atoms in total. The van der Waals surface area contributed by atoms with Gasteiger partial charge in [-0.3, -0.25) is 14.8 Å². The van der Waals surface area contributed by atoms with Crippen molar-refractivity contribution in [3.8, 4) is 11.4 Å². The molecule has 9 heteroatoms. The molecule has 0 saturated heterocycles. The summed E-state index contributed by atoms with van der Waals surface area (Å²) in [6.07, 6.45) is 3.63. The minimum absolute atomic E-state index is 0.207. The molecule has 1 aliphatic heterocycles. The van der Waals surface area contributed by atoms with Crippen LogP contribution in [0.3, 0.4) is 0 Å². The Kier molecular flexibility index (Phi) is 4.89. The molecule has 0 saturated carbocycles. The van der Waals surface area contributed by atoms with Crippen LogP contribution in [0.2, 0.25) is 5.02 Å². The largest absolute Gasteiger partial charge is 0.417 e. The Morgan fingerprint density at radius 2 is 1.91 bits per heavy atom. The number of aryl methyl sites for hydroxylation is 1. The van der Waals surface area contributed by atoms with E-state index in [-0.39, 0.29) is 5.91 Å². The van der Waals surface area contributed by atoms with Crippen LogP contribution < -0.4 is 11.1 Å². The van der Waals surface area contributed by atoms with Crippen molar-refractivity contribution in [3.63, 3.8) is 0 Å². The lowest BCUT2D eigenvalue weighted by molar-refractivity contribution is -0.115. The first-order valence-corrected chi connectivity index (χ1v) is 11.2. The maximum atomic E-state index is 13.1. The Hall–Kier alpha value is -4.43. The number of hydrogen-bond acceptors (Lipinski definition) is 5. The van der Waals surface area contributed by atoms with Gasteiger partial charge in [-0.15, -0.1) is 0 Å². The molecule has 35 heavy (non-hydrogen) atoms. The fourth-order valence-electron chi connectivity index (χ4n) is 4.37. The summed E-state index contributed by atoms with van der Waals surface area (Å²) in [4.78, 5) is 36.7. The van der Waals surface area contributed by atoms with E-state index in [9.17, 15) is 9.59 Å². The lowest BCUT2D eigenvalue weighted by atomic mass is 9.90. The van der Waals surface area contributed by atoms with E-state index in [1.54, 1.807) is 30.5 Å². The van der Waals surface area contributed by atoms with Crippen molar-refractivity contribution in [2.45, 2.75) is 5.92 Å². The molecule has 3 heterocycles. The van der Waals surface area contributed by atoms with Gasteiger partial charge in [0.2, 0.25) is 5.91 Å². The molecule has 172 valence electrons. The summed E-state index contributed by atoms with van der Waals surface area (Å²) in [6, 6.07) is 18.2. The summed E-state index contributed by atoms with van der Waals surface area (Å²) < 4.78 is 7.20. The number of imidazole rings is 1. The first-order chi connectivity index (χ1) is 17.0. The number of H-pyrrole nitrogens is 1. The number of benzene rings is 3.